The Labute approximate surface area is 180 Å². The highest BCUT2D eigenvalue weighted by atomic mass is 16.5. The van der Waals surface area contributed by atoms with Crippen molar-refractivity contribution in [2.45, 2.75) is 27.7 Å². The average molecular weight is 422 g/mol. The Morgan fingerprint density at radius 3 is 2.39 bits per heavy atom. The quantitative estimate of drug-likeness (QED) is 0.608. The SMILES string of the molecule is Cc1ccnc(OCC(=O)N2CCN(c3cc(-n4nc(C)cc4C)nc(C)n3)CC2)n1. The molecule has 1 amide bonds. The van der Waals surface area contributed by atoms with E-state index in [0.717, 1.165) is 28.7 Å². The molecule has 0 saturated carbocycles. The summed E-state index contributed by atoms with van der Waals surface area (Å²) in [5.41, 5.74) is 2.77. The number of aryl methyl sites for hydroxylation is 4. The van der Waals surface area contributed by atoms with Gasteiger partial charge in [-0.2, -0.15) is 5.10 Å². The number of carbonyl (C=O) groups is 1. The molecule has 0 atom stereocenters. The Balaban J connectivity index is 1.38. The Morgan fingerprint density at radius 1 is 0.968 bits per heavy atom. The molecule has 4 heterocycles. The molecule has 4 rings (SSSR count). The van der Waals surface area contributed by atoms with E-state index in [1.807, 2.05) is 44.5 Å². The van der Waals surface area contributed by atoms with Crippen molar-refractivity contribution >= 4 is 11.7 Å². The first-order valence-electron chi connectivity index (χ1n) is 10.2. The van der Waals surface area contributed by atoms with E-state index in [1.165, 1.54) is 0 Å². The van der Waals surface area contributed by atoms with Gasteiger partial charge in [-0.15, -0.1) is 0 Å². The monoisotopic (exact) mass is 422 g/mol. The van der Waals surface area contributed by atoms with Crippen LogP contribution in [0.25, 0.3) is 5.82 Å². The van der Waals surface area contributed by atoms with Gasteiger partial charge in [0.05, 0.1) is 5.69 Å². The predicted octanol–water partition coefficient (Wildman–Crippen LogP) is 1.41. The van der Waals surface area contributed by atoms with Crippen molar-refractivity contribution in [3.63, 3.8) is 0 Å². The molecule has 0 unspecified atom stereocenters. The summed E-state index contributed by atoms with van der Waals surface area (Å²) in [7, 11) is 0. The minimum atomic E-state index is -0.0769. The second kappa shape index (κ2) is 8.66. The molecular formula is C21H26N8O2. The van der Waals surface area contributed by atoms with Crippen molar-refractivity contribution in [3.05, 3.63) is 47.3 Å². The van der Waals surface area contributed by atoms with E-state index in [9.17, 15) is 4.79 Å². The zero-order chi connectivity index (χ0) is 22.0. The maximum atomic E-state index is 12.5. The van der Waals surface area contributed by atoms with Crippen LogP contribution in [-0.4, -0.2) is 73.3 Å². The molecule has 0 bridgehead atoms. The Bertz CT molecular complexity index is 1090. The lowest BCUT2D eigenvalue weighted by atomic mass is 10.3. The van der Waals surface area contributed by atoms with E-state index in [2.05, 4.69) is 29.9 Å². The summed E-state index contributed by atoms with van der Waals surface area (Å²) in [6.07, 6.45) is 1.62. The summed E-state index contributed by atoms with van der Waals surface area (Å²) in [5, 5.41) is 4.52. The molecule has 0 radical (unpaired) electrons. The van der Waals surface area contributed by atoms with Crippen LogP contribution in [0.5, 0.6) is 6.01 Å². The van der Waals surface area contributed by atoms with Crippen molar-refractivity contribution in [2.75, 3.05) is 37.7 Å². The number of anilines is 1. The van der Waals surface area contributed by atoms with Gasteiger partial charge in [0.25, 0.3) is 5.91 Å². The smallest absolute Gasteiger partial charge is 0.317 e. The van der Waals surface area contributed by atoms with Gasteiger partial charge in [0.2, 0.25) is 0 Å². The van der Waals surface area contributed by atoms with Crippen LogP contribution in [0.15, 0.2) is 24.4 Å². The Morgan fingerprint density at radius 2 is 1.71 bits per heavy atom. The second-order valence-electron chi connectivity index (χ2n) is 7.61. The number of amides is 1. The van der Waals surface area contributed by atoms with Crippen LogP contribution >= 0.6 is 0 Å². The zero-order valence-electron chi connectivity index (χ0n) is 18.2. The van der Waals surface area contributed by atoms with E-state index in [4.69, 9.17) is 4.74 Å². The van der Waals surface area contributed by atoms with Crippen molar-refractivity contribution < 1.29 is 9.53 Å². The fourth-order valence-electron chi connectivity index (χ4n) is 3.57. The molecular weight excluding hydrogens is 396 g/mol. The highest BCUT2D eigenvalue weighted by molar-refractivity contribution is 5.78. The molecule has 3 aromatic rings. The second-order valence-corrected chi connectivity index (χ2v) is 7.61. The van der Waals surface area contributed by atoms with Crippen LogP contribution in [0.4, 0.5) is 5.82 Å². The van der Waals surface area contributed by atoms with Gasteiger partial charge in [0.1, 0.15) is 11.6 Å². The molecule has 0 N–H and O–H groups in total. The van der Waals surface area contributed by atoms with E-state index in [1.54, 1.807) is 17.2 Å². The molecule has 10 nitrogen and oxygen atoms in total. The molecule has 1 aliphatic rings. The fraction of sp³-hybridized carbons (Fsp3) is 0.429. The number of ether oxygens (including phenoxy) is 1. The molecule has 1 aliphatic heterocycles. The molecule has 0 aromatic carbocycles. The molecule has 1 saturated heterocycles. The van der Waals surface area contributed by atoms with E-state index in [-0.39, 0.29) is 18.5 Å². The summed E-state index contributed by atoms with van der Waals surface area (Å²) >= 11 is 0. The zero-order valence-corrected chi connectivity index (χ0v) is 18.2. The van der Waals surface area contributed by atoms with Crippen LogP contribution < -0.4 is 9.64 Å². The first kappa shape index (κ1) is 20.7. The maximum absolute atomic E-state index is 12.5. The van der Waals surface area contributed by atoms with E-state index < -0.39 is 0 Å². The molecule has 162 valence electrons. The van der Waals surface area contributed by atoms with Crippen LogP contribution in [0.2, 0.25) is 0 Å². The van der Waals surface area contributed by atoms with E-state index in [0.29, 0.717) is 32.0 Å². The number of rotatable bonds is 5. The lowest BCUT2D eigenvalue weighted by Crippen LogP contribution is -2.50. The van der Waals surface area contributed by atoms with Gasteiger partial charge in [-0.1, -0.05) is 0 Å². The maximum Gasteiger partial charge on any atom is 0.317 e. The largest absolute Gasteiger partial charge is 0.453 e. The highest BCUT2D eigenvalue weighted by Crippen LogP contribution is 2.19. The first-order valence-corrected chi connectivity index (χ1v) is 10.2. The fourth-order valence-corrected chi connectivity index (χ4v) is 3.57. The van der Waals surface area contributed by atoms with Crippen LogP contribution in [-0.2, 0) is 4.79 Å². The normalized spacial score (nSPS) is 14.1. The summed E-state index contributed by atoms with van der Waals surface area (Å²) < 4.78 is 7.28. The topological polar surface area (TPSA) is 102 Å². The number of nitrogens with zero attached hydrogens (tertiary/aromatic N) is 8. The lowest BCUT2D eigenvalue weighted by molar-refractivity contribution is -0.133. The molecule has 3 aromatic heterocycles. The van der Waals surface area contributed by atoms with Crippen molar-refractivity contribution in [1.29, 1.82) is 0 Å². The molecule has 31 heavy (non-hydrogen) atoms. The van der Waals surface area contributed by atoms with Crippen LogP contribution in [0.3, 0.4) is 0 Å². The number of piperazine rings is 1. The first-order chi connectivity index (χ1) is 14.9. The van der Waals surface area contributed by atoms with Crippen LogP contribution in [0.1, 0.15) is 22.9 Å². The number of hydrogen-bond acceptors (Lipinski definition) is 8. The molecule has 10 heteroatoms. The van der Waals surface area contributed by atoms with E-state index >= 15 is 0 Å². The third-order valence-corrected chi connectivity index (χ3v) is 5.09. The third-order valence-electron chi connectivity index (χ3n) is 5.09. The molecule has 0 spiro atoms. The summed E-state index contributed by atoms with van der Waals surface area (Å²) in [6, 6.07) is 5.97. The third kappa shape index (κ3) is 4.79. The Kier molecular flexibility index (Phi) is 5.79. The minimum absolute atomic E-state index is 0.0713. The van der Waals surface area contributed by atoms with Gasteiger partial charge in [0.15, 0.2) is 12.4 Å². The standard InChI is InChI=1S/C21H26N8O2/c1-14-5-6-22-21(23-14)31-13-20(30)28-9-7-27(8-10-28)18-12-19(25-17(4)24-18)29-16(3)11-15(2)26-29/h5-6,11-12H,7-10,13H2,1-4H3. The van der Waals surface area contributed by atoms with Gasteiger partial charge in [-0.25, -0.2) is 24.6 Å². The average Bonchev–Trinajstić information content (AvgIpc) is 3.10. The van der Waals surface area contributed by atoms with Gasteiger partial charge in [0, 0.05) is 49.8 Å². The van der Waals surface area contributed by atoms with Crippen molar-refractivity contribution in [2.24, 2.45) is 0 Å². The van der Waals surface area contributed by atoms with Gasteiger partial charge >= 0.3 is 6.01 Å². The molecule has 0 aliphatic carbocycles. The highest BCUT2D eigenvalue weighted by Gasteiger charge is 2.23. The van der Waals surface area contributed by atoms with Crippen LogP contribution in [0, 0.1) is 27.7 Å². The molecule has 1 fully saturated rings. The van der Waals surface area contributed by atoms with Crippen molar-refractivity contribution in [3.8, 4) is 11.8 Å². The Hall–Kier alpha value is -3.56. The van der Waals surface area contributed by atoms with Gasteiger partial charge in [-0.3, -0.25) is 4.79 Å². The van der Waals surface area contributed by atoms with Gasteiger partial charge < -0.3 is 14.5 Å². The summed E-state index contributed by atoms with van der Waals surface area (Å²) in [5.74, 6) is 2.20. The minimum Gasteiger partial charge on any atom is -0.453 e. The van der Waals surface area contributed by atoms with Gasteiger partial charge in [-0.05, 0) is 39.8 Å². The predicted molar refractivity (Wildman–Crippen MR) is 114 cm³/mol. The summed E-state index contributed by atoms with van der Waals surface area (Å²) in [4.78, 5) is 33.8. The number of carbonyl (C=O) groups excluding carboxylic acids is 1. The number of hydrogen-bond donors (Lipinski definition) is 0. The lowest BCUT2D eigenvalue weighted by Gasteiger charge is -2.35. The van der Waals surface area contributed by atoms with Crippen molar-refractivity contribution in [1.82, 2.24) is 34.6 Å². The summed E-state index contributed by atoms with van der Waals surface area (Å²) in [6.45, 7) is 10.2. The number of aromatic nitrogens is 6.